The molecule has 1 rings (SSSR count). The largest absolute Gasteiger partial charge is 0.446 e. The predicted octanol–water partition coefficient (Wildman–Crippen LogP) is 2.90. The van der Waals surface area contributed by atoms with Crippen LogP contribution in [-0.4, -0.2) is 38.3 Å². The normalized spacial score (nSPS) is 11.4. The van der Waals surface area contributed by atoms with Crippen LogP contribution in [0.5, 0.6) is 0 Å². The van der Waals surface area contributed by atoms with E-state index in [1.165, 1.54) is 31.4 Å². The van der Waals surface area contributed by atoms with Gasteiger partial charge in [-0.25, -0.2) is 0 Å². The topological polar surface area (TPSA) is 47.6 Å². The molecular formula is C12H14F3NO3S. The van der Waals surface area contributed by atoms with Crippen molar-refractivity contribution in [1.82, 2.24) is 0 Å². The van der Waals surface area contributed by atoms with Gasteiger partial charge >= 0.3 is 5.51 Å². The number of anilines is 1. The summed E-state index contributed by atoms with van der Waals surface area (Å²) in [6.07, 6.45) is 0. The van der Waals surface area contributed by atoms with Crippen LogP contribution in [0.15, 0.2) is 29.2 Å². The highest BCUT2D eigenvalue weighted by Crippen LogP contribution is 2.36. The Morgan fingerprint density at radius 2 is 1.90 bits per heavy atom. The van der Waals surface area contributed by atoms with Crippen LogP contribution in [0.1, 0.15) is 0 Å². The van der Waals surface area contributed by atoms with Crippen LogP contribution in [0.3, 0.4) is 0 Å². The number of methoxy groups -OCH3 is 1. The summed E-state index contributed by atoms with van der Waals surface area (Å²) in [5.74, 6) is -0.377. The summed E-state index contributed by atoms with van der Waals surface area (Å²) >= 11 is -0.204. The van der Waals surface area contributed by atoms with Gasteiger partial charge in [-0.1, -0.05) is 0 Å². The second kappa shape index (κ2) is 8.13. The van der Waals surface area contributed by atoms with E-state index in [1.54, 1.807) is 0 Å². The quantitative estimate of drug-likeness (QED) is 0.621. The monoisotopic (exact) mass is 309 g/mol. The zero-order valence-corrected chi connectivity index (χ0v) is 11.5. The lowest BCUT2D eigenvalue weighted by molar-refractivity contribution is -0.121. The molecule has 0 aliphatic rings. The molecule has 0 radical (unpaired) electrons. The van der Waals surface area contributed by atoms with Gasteiger partial charge in [0.2, 0.25) is 5.91 Å². The van der Waals surface area contributed by atoms with Gasteiger partial charge in [-0.05, 0) is 36.0 Å². The first-order valence-electron chi connectivity index (χ1n) is 5.63. The molecular weight excluding hydrogens is 295 g/mol. The fourth-order valence-electron chi connectivity index (χ4n) is 1.24. The number of amides is 1. The SMILES string of the molecule is COCCOCC(=O)Nc1ccc(SC(F)(F)F)cc1. The number of hydrogen-bond acceptors (Lipinski definition) is 4. The minimum atomic E-state index is -4.32. The number of nitrogens with one attached hydrogen (secondary N) is 1. The van der Waals surface area contributed by atoms with Gasteiger partial charge in [0.15, 0.2) is 0 Å². The van der Waals surface area contributed by atoms with E-state index in [1.807, 2.05) is 0 Å². The smallest absolute Gasteiger partial charge is 0.382 e. The van der Waals surface area contributed by atoms with Crippen LogP contribution in [0.4, 0.5) is 18.9 Å². The third-order valence-electron chi connectivity index (χ3n) is 2.04. The molecule has 20 heavy (non-hydrogen) atoms. The van der Waals surface area contributed by atoms with Crippen molar-refractivity contribution in [3.63, 3.8) is 0 Å². The molecule has 0 fully saturated rings. The molecule has 1 aromatic rings. The third-order valence-corrected chi connectivity index (χ3v) is 2.78. The summed E-state index contributed by atoms with van der Waals surface area (Å²) in [5, 5.41) is 2.51. The number of hydrogen-bond donors (Lipinski definition) is 1. The van der Waals surface area contributed by atoms with Crippen molar-refractivity contribution in [3.8, 4) is 0 Å². The van der Waals surface area contributed by atoms with Gasteiger partial charge in [-0.3, -0.25) is 4.79 Å². The highest BCUT2D eigenvalue weighted by molar-refractivity contribution is 8.00. The average molecular weight is 309 g/mol. The summed E-state index contributed by atoms with van der Waals surface area (Å²) in [5.41, 5.74) is -3.91. The Balaban J connectivity index is 2.39. The summed E-state index contributed by atoms with van der Waals surface area (Å²) in [7, 11) is 1.52. The van der Waals surface area contributed by atoms with Gasteiger partial charge in [0, 0.05) is 17.7 Å². The lowest BCUT2D eigenvalue weighted by Gasteiger charge is -2.08. The first-order chi connectivity index (χ1) is 9.40. The van der Waals surface area contributed by atoms with E-state index < -0.39 is 5.51 Å². The van der Waals surface area contributed by atoms with Crippen LogP contribution in [-0.2, 0) is 14.3 Å². The van der Waals surface area contributed by atoms with E-state index in [4.69, 9.17) is 9.47 Å². The standard InChI is InChI=1S/C12H14F3NO3S/c1-18-6-7-19-8-11(17)16-9-2-4-10(5-3-9)20-12(13,14)15/h2-5H,6-8H2,1H3,(H,16,17). The Hall–Kier alpha value is -1.25. The maximum atomic E-state index is 12.1. The molecule has 0 atom stereocenters. The van der Waals surface area contributed by atoms with Crippen molar-refractivity contribution in [1.29, 1.82) is 0 Å². The molecule has 0 aliphatic carbocycles. The fraction of sp³-hybridized carbons (Fsp3) is 0.417. The number of thioether (sulfide) groups is 1. The number of carbonyl (C=O) groups excluding carboxylic acids is 1. The Labute approximate surface area is 118 Å². The maximum absolute atomic E-state index is 12.1. The molecule has 1 aromatic carbocycles. The van der Waals surface area contributed by atoms with E-state index in [0.717, 1.165) is 0 Å². The van der Waals surface area contributed by atoms with Crippen molar-refractivity contribution in [3.05, 3.63) is 24.3 Å². The van der Waals surface area contributed by atoms with Crippen molar-refractivity contribution in [2.75, 3.05) is 32.2 Å². The van der Waals surface area contributed by atoms with Crippen LogP contribution >= 0.6 is 11.8 Å². The predicted molar refractivity (Wildman–Crippen MR) is 69.7 cm³/mol. The van der Waals surface area contributed by atoms with Crippen LogP contribution in [0.2, 0.25) is 0 Å². The minimum absolute atomic E-state index is 0.0619. The number of halogens is 3. The van der Waals surface area contributed by atoms with Gasteiger partial charge in [0.05, 0.1) is 13.2 Å². The Kier molecular flexibility index (Phi) is 6.83. The second-order valence-corrected chi connectivity index (χ2v) is 4.80. The lowest BCUT2D eigenvalue weighted by Crippen LogP contribution is -2.19. The van der Waals surface area contributed by atoms with E-state index >= 15 is 0 Å². The van der Waals surface area contributed by atoms with Crippen molar-refractivity contribution >= 4 is 23.4 Å². The van der Waals surface area contributed by atoms with Gasteiger partial charge in [-0.2, -0.15) is 13.2 Å². The maximum Gasteiger partial charge on any atom is 0.446 e. The van der Waals surface area contributed by atoms with Gasteiger partial charge < -0.3 is 14.8 Å². The molecule has 1 amide bonds. The molecule has 0 heterocycles. The molecule has 0 aromatic heterocycles. The van der Waals surface area contributed by atoms with Gasteiger partial charge in [-0.15, -0.1) is 0 Å². The third kappa shape index (κ3) is 7.37. The van der Waals surface area contributed by atoms with Crippen LogP contribution < -0.4 is 5.32 Å². The molecule has 0 unspecified atom stereocenters. The number of benzene rings is 1. The van der Waals surface area contributed by atoms with E-state index in [-0.39, 0.29) is 29.2 Å². The average Bonchev–Trinajstić information content (AvgIpc) is 2.35. The van der Waals surface area contributed by atoms with Crippen molar-refractivity contribution in [2.24, 2.45) is 0 Å². The van der Waals surface area contributed by atoms with Crippen LogP contribution in [0, 0.1) is 0 Å². The zero-order valence-electron chi connectivity index (χ0n) is 10.7. The van der Waals surface area contributed by atoms with E-state index in [0.29, 0.717) is 18.9 Å². The van der Waals surface area contributed by atoms with Gasteiger partial charge in [0.1, 0.15) is 6.61 Å². The number of rotatable bonds is 7. The summed E-state index contributed by atoms with van der Waals surface area (Å²) in [6, 6.07) is 5.39. The molecule has 0 saturated heterocycles. The molecule has 0 saturated carbocycles. The molecule has 112 valence electrons. The van der Waals surface area contributed by atoms with Crippen molar-refractivity contribution in [2.45, 2.75) is 10.4 Å². The first kappa shape index (κ1) is 16.8. The van der Waals surface area contributed by atoms with Crippen LogP contribution in [0.25, 0.3) is 0 Å². The second-order valence-electron chi connectivity index (χ2n) is 3.67. The summed E-state index contributed by atoms with van der Waals surface area (Å²) in [4.78, 5) is 11.5. The number of alkyl halides is 3. The summed E-state index contributed by atoms with van der Waals surface area (Å²) < 4.78 is 46.1. The van der Waals surface area contributed by atoms with E-state index in [2.05, 4.69) is 5.32 Å². The highest BCUT2D eigenvalue weighted by Gasteiger charge is 2.28. The highest BCUT2D eigenvalue weighted by atomic mass is 32.2. The molecule has 4 nitrogen and oxygen atoms in total. The Morgan fingerprint density at radius 1 is 1.25 bits per heavy atom. The molecule has 8 heteroatoms. The fourth-order valence-corrected chi connectivity index (χ4v) is 1.78. The molecule has 0 aliphatic heterocycles. The molecule has 1 N–H and O–H groups in total. The number of carbonyl (C=O) groups is 1. The minimum Gasteiger partial charge on any atom is -0.382 e. The Bertz CT molecular complexity index is 423. The Morgan fingerprint density at radius 3 is 2.45 bits per heavy atom. The van der Waals surface area contributed by atoms with E-state index in [9.17, 15) is 18.0 Å². The molecule has 0 spiro atoms. The first-order valence-corrected chi connectivity index (χ1v) is 6.45. The van der Waals surface area contributed by atoms with Gasteiger partial charge in [0.25, 0.3) is 0 Å². The van der Waals surface area contributed by atoms with Crippen molar-refractivity contribution < 1.29 is 27.4 Å². The number of ether oxygens (including phenoxy) is 2. The summed E-state index contributed by atoms with van der Waals surface area (Å²) in [6.45, 7) is 0.546. The molecule has 0 bridgehead atoms. The lowest BCUT2D eigenvalue weighted by atomic mass is 10.3. The zero-order chi connectivity index (χ0) is 15.0.